The molecule has 17 heavy (non-hydrogen) atoms. The van der Waals surface area contributed by atoms with Crippen molar-refractivity contribution in [3.05, 3.63) is 35.9 Å². The summed E-state index contributed by atoms with van der Waals surface area (Å²) in [4.78, 5) is 0. The normalized spacial score (nSPS) is 13.9. The number of nitrogens with one attached hydrogen (secondary N) is 1. The van der Waals surface area contributed by atoms with Crippen LogP contribution in [-0.2, 0) is 11.2 Å². The van der Waals surface area contributed by atoms with Gasteiger partial charge in [0.15, 0.2) is 0 Å². The van der Waals surface area contributed by atoms with E-state index >= 15 is 0 Å². The number of hydrogen-bond acceptors (Lipinski definition) is 3. The third kappa shape index (κ3) is 4.99. The molecule has 1 rings (SSSR count). The van der Waals surface area contributed by atoms with E-state index in [1.165, 1.54) is 5.56 Å². The summed E-state index contributed by atoms with van der Waals surface area (Å²) < 4.78 is 5.52. The van der Waals surface area contributed by atoms with Crippen molar-refractivity contribution in [2.75, 3.05) is 20.3 Å². The molecule has 1 N–H and O–H groups in total. The van der Waals surface area contributed by atoms with Gasteiger partial charge in [-0.1, -0.05) is 30.3 Å². The van der Waals surface area contributed by atoms with E-state index in [1.54, 1.807) is 7.05 Å². The average molecular weight is 232 g/mol. The Balaban J connectivity index is 2.16. The number of nitriles is 1. The number of benzene rings is 1. The number of aryl methyl sites for hydroxylation is 1. The van der Waals surface area contributed by atoms with Gasteiger partial charge in [-0.2, -0.15) is 5.26 Å². The van der Waals surface area contributed by atoms with E-state index in [-0.39, 0.29) is 0 Å². The zero-order valence-corrected chi connectivity index (χ0v) is 10.6. The Morgan fingerprint density at radius 1 is 1.35 bits per heavy atom. The predicted molar refractivity (Wildman–Crippen MR) is 68.7 cm³/mol. The van der Waals surface area contributed by atoms with Crippen LogP contribution in [0.25, 0.3) is 0 Å². The summed E-state index contributed by atoms with van der Waals surface area (Å²) >= 11 is 0. The number of hydrogen-bond donors (Lipinski definition) is 1. The van der Waals surface area contributed by atoms with E-state index in [0.29, 0.717) is 13.2 Å². The fraction of sp³-hybridized carbons (Fsp3) is 0.500. The predicted octanol–water partition coefficient (Wildman–Crippen LogP) is 2.14. The Hall–Kier alpha value is -1.37. The van der Waals surface area contributed by atoms with Gasteiger partial charge in [-0.05, 0) is 32.4 Å². The first-order valence-corrected chi connectivity index (χ1v) is 5.92. The minimum Gasteiger partial charge on any atom is -0.378 e. The molecular formula is C14H20N2O. The van der Waals surface area contributed by atoms with Crippen LogP contribution in [0, 0.1) is 11.3 Å². The molecule has 1 aromatic carbocycles. The molecule has 3 nitrogen and oxygen atoms in total. The van der Waals surface area contributed by atoms with Crippen molar-refractivity contribution >= 4 is 0 Å². The Kier molecular flexibility index (Phi) is 5.68. The van der Waals surface area contributed by atoms with Crippen molar-refractivity contribution < 1.29 is 4.74 Å². The molecule has 0 heterocycles. The first kappa shape index (κ1) is 13.7. The van der Waals surface area contributed by atoms with Crippen LogP contribution in [0.4, 0.5) is 0 Å². The Bertz CT molecular complexity index is 358. The molecule has 1 unspecified atom stereocenters. The Labute approximate surface area is 103 Å². The number of rotatable bonds is 7. The van der Waals surface area contributed by atoms with Crippen molar-refractivity contribution in [1.82, 2.24) is 5.32 Å². The topological polar surface area (TPSA) is 45.0 Å². The Morgan fingerprint density at radius 3 is 2.65 bits per heavy atom. The summed E-state index contributed by atoms with van der Waals surface area (Å²) in [5.41, 5.74) is 0.750. The van der Waals surface area contributed by atoms with E-state index in [2.05, 4.69) is 23.5 Å². The lowest BCUT2D eigenvalue weighted by molar-refractivity contribution is 0.0964. The molecule has 0 radical (unpaired) electrons. The van der Waals surface area contributed by atoms with Gasteiger partial charge in [-0.15, -0.1) is 0 Å². The molecule has 0 aliphatic carbocycles. The van der Waals surface area contributed by atoms with Crippen LogP contribution < -0.4 is 5.32 Å². The van der Waals surface area contributed by atoms with E-state index in [1.807, 2.05) is 25.1 Å². The van der Waals surface area contributed by atoms with Gasteiger partial charge >= 0.3 is 0 Å². The summed E-state index contributed by atoms with van der Waals surface area (Å²) in [6.07, 6.45) is 2.00. The molecule has 0 spiro atoms. The van der Waals surface area contributed by atoms with Crippen LogP contribution in [0.1, 0.15) is 18.9 Å². The van der Waals surface area contributed by atoms with Gasteiger partial charge < -0.3 is 10.1 Å². The highest BCUT2D eigenvalue weighted by atomic mass is 16.5. The molecule has 1 atom stereocenters. The molecule has 0 bridgehead atoms. The van der Waals surface area contributed by atoms with Crippen LogP contribution in [0.5, 0.6) is 0 Å². The lowest BCUT2D eigenvalue weighted by Gasteiger charge is -2.20. The highest BCUT2D eigenvalue weighted by Crippen LogP contribution is 2.05. The summed E-state index contributed by atoms with van der Waals surface area (Å²) in [7, 11) is 1.77. The SMILES string of the molecule is CNC(C)(C#N)COCCCc1ccccc1. The largest absolute Gasteiger partial charge is 0.378 e. The highest BCUT2D eigenvalue weighted by Gasteiger charge is 2.20. The molecule has 0 aromatic heterocycles. The van der Waals surface area contributed by atoms with Gasteiger partial charge in [0.1, 0.15) is 5.54 Å². The van der Waals surface area contributed by atoms with E-state index in [4.69, 9.17) is 10.00 Å². The van der Waals surface area contributed by atoms with E-state index in [9.17, 15) is 0 Å². The van der Waals surface area contributed by atoms with Crippen LogP contribution in [0.2, 0.25) is 0 Å². The molecule has 0 fully saturated rings. The molecule has 0 saturated carbocycles. The summed E-state index contributed by atoms with van der Waals surface area (Å²) in [5.74, 6) is 0. The molecule has 1 aromatic rings. The van der Waals surface area contributed by atoms with Gasteiger partial charge in [0.2, 0.25) is 0 Å². The maximum Gasteiger partial charge on any atom is 0.127 e. The molecule has 3 heteroatoms. The van der Waals surface area contributed by atoms with Gasteiger partial charge in [0, 0.05) is 6.61 Å². The Morgan fingerprint density at radius 2 is 2.06 bits per heavy atom. The fourth-order valence-electron chi connectivity index (χ4n) is 1.46. The quantitative estimate of drug-likeness (QED) is 0.733. The van der Waals surface area contributed by atoms with Crippen molar-refractivity contribution in [2.45, 2.75) is 25.3 Å². The second-order valence-corrected chi connectivity index (χ2v) is 4.34. The van der Waals surface area contributed by atoms with Crippen LogP contribution >= 0.6 is 0 Å². The van der Waals surface area contributed by atoms with Gasteiger partial charge in [0.25, 0.3) is 0 Å². The van der Waals surface area contributed by atoms with E-state index in [0.717, 1.165) is 12.8 Å². The number of ether oxygens (including phenoxy) is 1. The van der Waals surface area contributed by atoms with E-state index < -0.39 is 5.54 Å². The lowest BCUT2D eigenvalue weighted by atomic mass is 10.1. The van der Waals surface area contributed by atoms with Gasteiger partial charge in [0.05, 0.1) is 12.7 Å². The third-order valence-corrected chi connectivity index (χ3v) is 2.79. The fourth-order valence-corrected chi connectivity index (χ4v) is 1.46. The summed E-state index contributed by atoms with van der Waals surface area (Å²) in [6, 6.07) is 12.5. The highest BCUT2D eigenvalue weighted by molar-refractivity contribution is 5.14. The lowest BCUT2D eigenvalue weighted by Crippen LogP contribution is -2.42. The summed E-state index contributed by atoms with van der Waals surface area (Å²) in [5, 5.41) is 11.9. The molecule has 0 aliphatic heterocycles. The zero-order chi connectivity index (χ0) is 12.6. The summed E-state index contributed by atoms with van der Waals surface area (Å²) in [6.45, 7) is 2.95. The first-order chi connectivity index (χ1) is 8.20. The molecule has 92 valence electrons. The smallest absolute Gasteiger partial charge is 0.127 e. The number of nitrogens with zero attached hydrogens (tertiary/aromatic N) is 1. The standard InChI is InChI=1S/C14H20N2O/c1-14(11-15,16-2)12-17-10-6-9-13-7-4-3-5-8-13/h3-5,7-8,16H,6,9-10,12H2,1-2H3. The van der Waals surface area contributed by atoms with Crippen molar-refractivity contribution in [2.24, 2.45) is 0 Å². The second-order valence-electron chi connectivity index (χ2n) is 4.34. The zero-order valence-electron chi connectivity index (χ0n) is 10.6. The van der Waals surface area contributed by atoms with Gasteiger partial charge in [-0.25, -0.2) is 0 Å². The average Bonchev–Trinajstić information content (AvgIpc) is 2.39. The second kappa shape index (κ2) is 7.05. The maximum absolute atomic E-state index is 8.93. The van der Waals surface area contributed by atoms with Crippen molar-refractivity contribution in [1.29, 1.82) is 5.26 Å². The monoisotopic (exact) mass is 232 g/mol. The van der Waals surface area contributed by atoms with Crippen molar-refractivity contribution in [3.63, 3.8) is 0 Å². The van der Waals surface area contributed by atoms with Gasteiger partial charge in [-0.3, -0.25) is 0 Å². The molecule has 0 saturated heterocycles. The maximum atomic E-state index is 8.93. The number of likely N-dealkylation sites (N-methyl/N-ethyl adjacent to an activating group) is 1. The first-order valence-electron chi connectivity index (χ1n) is 5.92. The molecular weight excluding hydrogens is 212 g/mol. The minimum atomic E-state index is -0.577. The molecule has 0 aliphatic rings. The van der Waals surface area contributed by atoms with Crippen LogP contribution in [0.3, 0.4) is 0 Å². The molecule has 0 amide bonds. The minimum absolute atomic E-state index is 0.425. The third-order valence-electron chi connectivity index (χ3n) is 2.79. The van der Waals surface area contributed by atoms with Crippen molar-refractivity contribution in [3.8, 4) is 6.07 Å². The van der Waals surface area contributed by atoms with Crippen LogP contribution in [-0.4, -0.2) is 25.8 Å². The van der Waals surface area contributed by atoms with Crippen LogP contribution in [0.15, 0.2) is 30.3 Å².